The van der Waals surface area contributed by atoms with Crippen molar-refractivity contribution in [2.75, 3.05) is 19.6 Å². The Morgan fingerprint density at radius 1 is 1.07 bits per heavy atom. The van der Waals surface area contributed by atoms with Crippen LogP contribution in [-0.4, -0.2) is 29.5 Å². The summed E-state index contributed by atoms with van der Waals surface area (Å²) in [6.07, 6.45) is 6.62. The molecule has 0 N–H and O–H groups in total. The highest BCUT2D eigenvalue weighted by Gasteiger charge is 2.58. The molecule has 1 heterocycles. The Labute approximate surface area is 165 Å². The van der Waals surface area contributed by atoms with E-state index in [2.05, 4.69) is 29.2 Å². The van der Waals surface area contributed by atoms with Crippen molar-refractivity contribution < 1.29 is 4.92 Å². The van der Waals surface area contributed by atoms with Gasteiger partial charge in [-0.25, -0.2) is 0 Å². The molecule has 0 amide bonds. The summed E-state index contributed by atoms with van der Waals surface area (Å²) in [6.45, 7) is 3.37. The maximum absolute atomic E-state index is 11.5. The lowest BCUT2D eigenvalue weighted by molar-refractivity contribution is -0.385. The molecule has 1 saturated carbocycles. The normalized spacial score (nSPS) is 30.9. The first-order chi connectivity index (χ1) is 13.7. The van der Waals surface area contributed by atoms with E-state index >= 15 is 0 Å². The lowest BCUT2D eigenvalue weighted by Gasteiger charge is -2.37. The van der Waals surface area contributed by atoms with E-state index in [1.165, 1.54) is 54.5 Å². The van der Waals surface area contributed by atoms with Crippen molar-refractivity contribution >= 4 is 5.69 Å². The van der Waals surface area contributed by atoms with E-state index in [0.29, 0.717) is 11.8 Å². The minimum absolute atomic E-state index is 0.0545. The third-order valence-electron chi connectivity index (χ3n) is 8.08. The van der Waals surface area contributed by atoms with Crippen LogP contribution < -0.4 is 0 Å². The number of rotatable bonds is 3. The molecule has 1 aliphatic heterocycles. The van der Waals surface area contributed by atoms with Gasteiger partial charge in [-0.1, -0.05) is 43.2 Å². The number of fused-ring (bicyclic) bond motifs is 3. The Morgan fingerprint density at radius 3 is 2.64 bits per heavy atom. The van der Waals surface area contributed by atoms with Crippen LogP contribution in [-0.2, 0) is 5.41 Å². The van der Waals surface area contributed by atoms with E-state index in [1.54, 1.807) is 6.07 Å². The Kier molecular flexibility index (Phi) is 3.52. The number of nitrogens with zero attached hydrogens (tertiary/aromatic N) is 2. The third-order valence-corrected chi connectivity index (χ3v) is 8.08. The first-order valence-corrected chi connectivity index (χ1v) is 10.8. The molecule has 3 unspecified atom stereocenters. The first kappa shape index (κ1) is 16.7. The van der Waals surface area contributed by atoms with Gasteiger partial charge >= 0.3 is 0 Å². The summed E-state index contributed by atoms with van der Waals surface area (Å²) in [5, 5.41) is 11.5. The van der Waals surface area contributed by atoms with Gasteiger partial charge in [0.25, 0.3) is 5.69 Å². The van der Waals surface area contributed by atoms with E-state index < -0.39 is 0 Å². The average molecular weight is 374 g/mol. The predicted molar refractivity (Wildman–Crippen MR) is 109 cm³/mol. The van der Waals surface area contributed by atoms with Crippen molar-refractivity contribution in [1.82, 2.24) is 4.90 Å². The van der Waals surface area contributed by atoms with Crippen LogP contribution >= 0.6 is 0 Å². The van der Waals surface area contributed by atoms with Gasteiger partial charge in [-0.15, -0.1) is 0 Å². The molecular weight excluding hydrogens is 348 g/mol. The van der Waals surface area contributed by atoms with Gasteiger partial charge in [0.15, 0.2) is 0 Å². The highest BCUT2D eigenvalue weighted by atomic mass is 16.6. The highest BCUT2D eigenvalue weighted by molar-refractivity contribution is 5.60. The van der Waals surface area contributed by atoms with Gasteiger partial charge in [0, 0.05) is 49.0 Å². The van der Waals surface area contributed by atoms with Crippen LogP contribution in [0.1, 0.15) is 66.2 Å². The highest BCUT2D eigenvalue weighted by Crippen LogP contribution is 2.63. The van der Waals surface area contributed by atoms with Gasteiger partial charge in [0.05, 0.1) is 4.92 Å². The van der Waals surface area contributed by atoms with Crippen LogP contribution in [0.15, 0.2) is 42.5 Å². The number of benzene rings is 2. The molecule has 1 saturated heterocycles. The number of nitro groups is 1. The summed E-state index contributed by atoms with van der Waals surface area (Å²) in [5.41, 5.74) is 5.85. The Morgan fingerprint density at radius 2 is 1.86 bits per heavy atom. The summed E-state index contributed by atoms with van der Waals surface area (Å²) in [6, 6.07) is 14.6. The topological polar surface area (TPSA) is 46.4 Å². The molecule has 28 heavy (non-hydrogen) atoms. The minimum Gasteiger partial charge on any atom is -0.302 e. The molecule has 144 valence electrons. The Balaban J connectivity index is 1.47. The quantitative estimate of drug-likeness (QED) is 0.563. The maximum Gasteiger partial charge on any atom is 0.269 e. The molecule has 0 radical (unpaired) electrons. The molecular formula is C24H26N2O2. The molecule has 2 aromatic carbocycles. The monoisotopic (exact) mass is 374 g/mol. The molecule has 2 aromatic rings. The first-order valence-electron chi connectivity index (χ1n) is 10.8. The van der Waals surface area contributed by atoms with Crippen LogP contribution in [0, 0.1) is 16.0 Å². The van der Waals surface area contributed by atoms with E-state index in [4.69, 9.17) is 0 Å². The van der Waals surface area contributed by atoms with Gasteiger partial charge in [-0.2, -0.15) is 0 Å². The van der Waals surface area contributed by atoms with E-state index in [9.17, 15) is 10.1 Å². The third kappa shape index (κ3) is 2.21. The van der Waals surface area contributed by atoms with Gasteiger partial charge < -0.3 is 4.90 Å². The number of hydrogen-bond donors (Lipinski definition) is 0. The van der Waals surface area contributed by atoms with E-state index in [0.717, 1.165) is 25.4 Å². The van der Waals surface area contributed by atoms with E-state index in [-0.39, 0.29) is 16.0 Å². The standard InChI is InChI=1S/C24H26N2O2/c27-26(28)17-9-10-20-21-12-24(22(20)11-17)15-25(13-16-5-1-2-6-16)14-23(24)19-8-4-3-7-18(19)21/h3-4,7-11,16,21,23H,1-2,5-6,12-15H2. The SMILES string of the molecule is O=[N+]([O-])c1ccc2c(c1)C13CC2c2ccccc2C1CN(CC1CCCC1)C3. The summed E-state index contributed by atoms with van der Waals surface area (Å²) in [4.78, 5) is 13.9. The second-order valence-corrected chi connectivity index (χ2v) is 9.47. The van der Waals surface area contributed by atoms with Crippen molar-refractivity contribution in [1.29, 1.82) is 0 Å². The largest absolute Gasteiger partial charge is 0.302 e. The zero-order valence-electron chi connectivity index (χ0n) is 16.1. The van der Waals surface area contributed by atoms with Crippen LogP contribution in [0.25, 0.3) is 0 Å². The smallest absolute Gasteiger partial charge is 0.269 e. The van der Waals surface area contributed by atoms with Gasteiger partial charge in [0.2, 0.25) is 0 Å². The summed E-state index contributed by atoms with van der Waals surface area (Å²) < 4.78 is 0. The molecule has 6 rings (SSSR count). The Bertz CT molecular complexity index is 965. The predicted octanol–water partition coefficient (Wildman–Crippen LogP) is 4.97. The van der Waals surface area contributed by atoms with Gasteiger partial charge in [-0.05, 0) is 47.4 Å². The molecule has 0 aromatic heterocycles. The van der Waals surface area contributed by atoms with Gasteiger partial charge in [-0.3, -0.25) is 10.1 Å². The van der Waals surface area contributed by atoms with Gasteiger partial charge in [0.1, 0.15) is 0 Å². The zero-order chi connectivity index (χ0) is 18.9. The summed E-state index contributed by atoms with van der Waals surface area (Å²) in [7, 11) is 0. The van der Waals surface area contributed by atoms with Crippen molar-refractivity contribution in [2.45, 2.75) is 49.4 Å². The second kappa shape index (κ2) is 5.90. The minimum atomic E-state index is -0.230. The fourth-order valence-corrected chi connectivity index (χ4v) is 6.98. The van der Waals surface area contributed by atoms with Crippen LogP contribution in [0.2, 0.25) is 0 Å². The molecule has 4 nitrogen and oxygen atoms in total. The van der Waals surface area contributed by atoms with Crippen LogP contribution in [0.5, 0.6) is 0 Å². The lowest BCUT2D eigenvalue weighted by Crippen LogP contribution is -2.35. The fourth-order valence-electron chi connectivity index (χ4n) is 6.98. The number of nitro benzene ring substituents is 1. The summed E-state index contributed by atoms with van der Waals surface area (Å²) in [5.74, 6) is 1.70. The number of non-ortho nitro benzene ring substituents is 1. The molecule has 4 aliphatic rings. The molecule has 1 spiro atoms. The molecule has 4 heteroatoms. The zero-order valence-corrected chi connectivity index (χ0v) is 16.1. The fraction of sp³-hybridized carbons (Fsp3) is 0.500. The maximum atomic E-state index is 11.5. The van der Waals surface area contributed by atoms with Crippen LogP contribution in [0.3, 0.4) is 0 Å². The lowest BCUT2D eigenvalue weighted by atomic mass is 9.65. The molecule has 2 fully saturated rings. The number of hydrogen-bond acceptors (Lipinski definition) is 3. The van der Waals surface area contributed by atoms with Crippen LogP contribution in [0.4, 0.5) is 5.69 Å². The van der Waals surface area contributed by atoms with Crippen molar-refractivity contribution in [3.05, 3.63) is 74.8 Å². The molecule has 3 atom stereocenters. The second-order valence-electron chi connectivity index (χ2n) is 9.47. The van der Waals surface area contributed by atoms with Crippen molar-refractivity contribution in [3.63, 3.8) is 0 Å². The van der Waals surface area contributed by atoms with Crippen molar-refractivity contribution in [2.24, 2.45) is 5.92 Å². The molecule has 2 bridgehead atoms. The number of likely N-dealkylation sites (tertiary alicyclic amines) is 1. The summed E-state index contributed by atoms with van der Waals surface area (Å²) >= 11 is 0. The average Bonchev–Trinajstić information content (AvgIpc) is 3.41. The van der Waals surface area contributed by atoms with E-state index in [1.807, 2.05) is 12.1 Å². The Hall–Kier alpha value is -2.20. The molecule has 3 aliphatic carbocycles. The van der Waals surface area contributed by atoms with Crippen molar-refractivity contribution in [3.8, 4) is 0 Å².